The van der Waals surface area contributed by atoms with Crippen molar-refractivity contribution in [2.45, 2.75) is 18.6 Å². The van der Waals surface area contributed by atoms with E-state index in [0.29, 0.717) is 23.3 Å². The van der Waals surface area contributed by atoms with Gasteiger partial charge in [-0.15, -0.1) is 11.6 Å². The fraction of sp³-hybridized carbons (Fsp3) is 0.417. The number of ketones is 1. The maximum atomic E-state index is 11.3. The Balaban J connectivity index is 2.76. The van der Waals surface area contributed by atoms with Crippen molar-refractivity contribution in [3.05, 3.63) is 35.4 Å². The second kappa shape index (κ2) is 7.01. The van der Waals surface area contributed by atoms with Gasteiger partial charge < -0.3 is 10.2 Å². The van der Waals surface area contributed by atoms with E-state index >= 15 is 0 Å². The summed E-state index contributed by atoms with van der Waals surface area (Å²) in [7, 11) is 0. The Bertz CT molecular complexity index is 367. The van der Waals surface area contributed by atoms with Gasteiger partial charge in [0.05, 0.1) is 12.0 Å². The quantitative estimate of drug-likeness (QED) is 0.421. The maximum Gasteiger partial charge on any atom is 0.177 e. The van der Waals surface area contributed by atoms with Gasteiger partial charge in [0.2, 0.25) is 0 Å². The lowest BCUT2D eigenvalue weighted by Crippen LogP contribution is -2.18. The van der Waals surface area contributed by atoms with Gasteiger partial charge in [-0.1, -0.05) is 24.3 Å². The minimum Gasteiger partial charge on any atom is -0.390 e. The molecule has 0 aliphatic rings. The summed E-state index contributed by atoms with van der Waals surface area (Å²) in [6, 6.07) is 6.42. The number of carbonyl (C=O) groups is 1. The average Bonchev–Trinajstić information content (AvgIpc) is 2.37. The Labute approximate surface area is 111 Å². The zero-order valence-electron chi connectivity index (χ0n) is 9.21. The standard InChI is InChI=1S/C12H15ClO3S/c13-7-11(15)8-1-3-9(4-2-8)12(16)10(14)5-6-17/h1-4,10,12,14,16-17H,5-7H2. The smallest absolute Gasteiger partial charge is 0.177 e. The summed E-state index contributed by atoms with van der Waals surface area (Å²) in [5.41, 5.74) is 1.07. The Morgan fingerprint density at radius 1 is 1.29 bits per heavy atom. The number of thiol groups is 1. The summed E-state index contributed by atoms with van der Waals surface area (Å²) in [5, 5.41) is 19.4. The van der Waals surface area contributed by atoms with Crippen LogP contribution in [0.1, 0.15) is 28.4 Å². The lowest BCUT2D eigenvalue weighted by Gasteiger charge is -2.17. The summed E-state index contributed by atoms with van der Waals surface area (Å²) in [6.07, 6.45) is -1.39. The van der Waals surface area contributed by atoms with Crippen molar-refractivity contribution in [3.63, 3.8) is 0 Å². The zero-order valence-corrected chi connectivity index (χ0v) is 10.9. The van der Waals surface area contributed by atoms with Crippen LogP contribution in [0.4, 0.5) is 0 Å². The third-order valence-corrected chi connectivity index (χ3v) is 2.99. The molecule has 2 unspecified atom stereocenters. The van der Waals surface area contributed by atoms with Crippen LogP contribution >= 0.6 is 24.2 Å². The van der Waals surface area contributed by atoms with Crippen LogP contribution in [0.3, 0.4) is 0 Å². The molecule has 0 spiro atoms. The molecule has 0 amide bonds. The zero-order chi connectivity index (χ0) is 12.8. The van der Waals surface area contributed by atoms with E-state index in [1.165, 1.54) is 0 Å². The molecule has 1 rings (SSSR count). The molecular weight excluding hydrogens is 260 g/mol. The topological polar surface area (TPSA) is 57.5 Å². The van der Waals surface area contributed by atoms with Gasteiger partial charge in [0.1, 0.15) is 6.10 Å². The van der Waals surface area contributed by atoms with Crippen molar-refractivity contribution in [1.82, 2.24) is 0 Å². The molecule has 0 saturated heterocycles. The molecule has 0 saturated carbocycles. The van der Waals surface area contributed by atoms with Gasteiger partial charge in [0.15, 0.2) is 5.78 Å². The van der Waals surface area contributed by atoms with Gasteiger partial charge in [-0.05, 0) is 17.7 Å². The SMILES string of the molecule is O=C(CCl)c1ccc(C(O)C(O)CCS)cc1. The van der Waals surface area contributed by atoms with Gasteiger partial charge in [-0.3, -0.25) is 4.79 Å². The largest absolute Gasteiger partial charge is 0.390 e. The highest BCUT2D eigenvalue weighted by molar-refractivity contribution is 7.80. The van der Waals surface area contributed by atoms with Crippen LogP contribution in [0.25, 0.3) is 0 Å². The molecular formula is C12H15ClO3S. The Kier molecular flexibility index (Phi) is 5.98. The van der Waals surface area contributed by atoms with Crippen LogP contribution in [0.15, 0.2) is 24.3 Å². The maximum absolute atomic E-state index is 11.3. The molecule has 2 N–H and O–H groups in total. The first-order valence-corrected chi connectivity index (χ1v) is 6.43. The second-order valence-electron chi connectivity index (χ2n) is 3.70. The van der Waals surface area contributed by atoms with Gasteiger partial charge in [-0.2, -0.15) is 12.6 Å². The first kappa shape index (κ1) is 14.5. The van der Waals surface area contributed by atoms with Crippen LogP contribution in [0.2, 0.25) is 0 Å². The van der Waals surface area contributed by atoms with Crippen molar-refractivity contribution >= 4 is 30.0 Å². The van der Waals surface area contributed by atoms with Crippen LogP contribution in [0.5, 0.6) is 0 Å². The van der Waals surface area contributed by atoms with Gasteiger partial charge in [0.25, 0.3) is 0 Å². The predicted molar refractivity (Wildman–Crippen MR) is 70.9 cm³/mol. The van der Waals surface area contributed by atoms with Crippen molar-refractivity contribution in [3.8, 4) is 0 Å². The molecule has 0 heterocycles. The molecule has 0 aromatic heterocycles. The molecule has 0 aliphatic heterocycles. The number of aliphatic hydroxyl groups is 2. The molecule has 0 radical (unpaired) electrons. The van der Waals surface area contributed by atoms with Crippen molar-refractivity contribution in [2.75, 3.05) is 11.6 Å². The van der Waals surface area contributed by atoms with Crippen LogP contribution in [-0.4, -0.2) is 33.7 Å². The minimum atomic E-state index is -0.956. The van der Waals surface area contributed by atoms with Gasteiger partial charge in [0, 0.05) is 5.56 Å². The van der Waals surface area contributed by atoms with Crippen LogP contribution < -0.4 is 0 Å². The Morgan fingerprint density at radius 3 is 2.35 bits per heavy atom. The first-order valence-electron chi connectivity index (χ1n) is 5.26. The molecule has 94 valence electrons. The Morgan fingerprint density at radius 2 is 1.88 bits per heavy atom. The molecule has 3 nitrogen and oxygen atoms in total. The number of carbonyl (C=O) groups excluding carboxylic acids is 1. The molecule has 0 fully saturated rings. The first-order chi connectivity index (χ1) is 8.10. The Hall–Kier alpha value is -0.550. The van der Waals surface area contributed by atoms with Crippen molar-refractivity contribution < 1.29 is 15.0 Å². The number of aliphatic hydroxyl groups excluding tert-OH is 2. The monoisotopic (exact) mass is 274 g/mol. The summed E-state index contributed by atoms with van der Waals surface area (Å²) >= 11 is 9.43. The highest BCUT2D eigenvalue weighted by Gasteiger charge is 2.17. The number of alkyl halides is 1. The fourth-order valence-electron chi connectivity index (χ4n) is 1.46. The second-order valence-corrected chi connectivity index (χ2v) is 4.42. The van der Waals surface area contributed by atoms with E-state index < -0.39 is 12.2 Å². The number of benzene rings is 1. The van der Waals surface area contributed by atoms with E-state index in [0.717, 1.165) is 0 Å². The molecule has 5 heteroatoms. The fourth-order valence-corrected chi connectivity index (χ4v) is 1.87. The summed E-state index contributed by atoms with van der Waals surface area (Å²) in [5.74, 6) is 0.272. The van der Waals surface area contributed by atoms with E-state index in [2.05, 4.69) is 12.6 Å². The number of hydrogen-bond acceptors (Lipinski definition) is 4. The van der Waals surface area contributed by atoms with Crippen LogP contribution in [-0.2, 0) is 0 Å². The summed E-state index contributed by atoms with van der Waals surface area (Å²) in [4.78, 5) is 11.3. The molecule has 1 aromatic rings. The van der Waals surface area contributed by atoms with E-state index in [1.54, 1.807) is 24.3 Å². The number of hydrogen-bond donors (Lipinski definition) is 3. The lowest BCUT2D eigenvalue weighted by atomic mass is 10.0. The predicted octanol–water partition coefficient (Wildman–Crippen LogP) is 1.82. The normalized spacial score (nSPS) is 14.4. The molecule has 1 aromatic carbocycles. The molecule has 0 bridgehead atoms. The van der Waals surface area contributed by atoms with E-state index in [-0.39, 0.29) is 11.7 Å². The third-order valence-electron chi connectivity index (χ3n) is 2.48. The highest BCUT2D eigenvalue weighted by Crippen LogP contribution is 2.20. The van der Waals surface area contributed by atoms with Crippen molar-refractivity contribution in [1.29, 1.82) is 0 Å². The number of Topliss-reactive ketones (excluding diaryl/α,β-unsaturated/α-hetero) is 1. The van der Waals surface area contributed by atoms with Crippen molar-refractivity contribution in [2.24, 2.45) is 0 Å². The van der Waals surface area contributed by atoms with Gasteiger partial charge >= 0.3 is 0 Å². The molecule has 2 atom stereocenters. The molecule has 17 heavy (non-hydrogen) atoms. The third kappa shape index (κ3) is 4.00. The number of rotatable bonds is 6. The average molecular weight is 275 g/mol. The number of halogens is 1. The lowest BCUT2D eigenvalue weighted by molar-refractivity contribution is 0.0172. The van der Waals surface area contributed by atoms with E-state index in [4.69, 9.17) is 11.6 Å². The summed E-state index contributed by atoms with van der Waals surface area (Å²) < 4.78 is 0. The molecule has 0 aliphatic carbocycles. The van der Waals surface area contributed by atoms with E-state index in [1.807, 2.05) is 0 Å². The summed E-state index contributed by atoms with van der Waals surface area (Å²) in [6.45, 7) is 0. The van der Waals surface area contributed by atoms with Gasteiger partial charge in [-0.25, -0.2) is 0 Å². The minimum absolute atomic E-state index is 0.0653. The van der Waals surface area contributed by atoms with E-state index in [9.17, 15) is 15.0 Å². The highest BCUT2D eigenvalue weighted by atomic mass is 35.5. The van der Waals surface area contributed by atoms with Crippen LogP contribution in [0, 0.1) is 0 Å².